The monoisotopic (exact) mass is 407 g/mol. The molecule has 1 N–H and O–H groups in total. The molecule has 1 aromatic heterocycles. The maximum Gasteiger partial charge on any atom is 0.343 e. The van der Waals surface area contributed by atoms with Gasteiger partial charge in [0.1, 0.15) is 11.4 Å². The lowest BCUT2D eigenvalue weighted by atomic mass is 9.97. The highest BCUT2D eigenvalue weighted by atomic mass is 16.5. The van der Waals surface area contributed by atoms with E-state index in [1.165, 1.54) is 7.05 Å². The van der Waals surface area contributed by atoms with Crippen LogP contribution >= 0.6 is 0 Å². The number of hydroxylamine groups is 2. The van der Waals surface area contributed by atoms with Crippen LogP contribution in [0.25, 0.3) is 22.6 Å². The second-order valence-corrected chi connectivity index (χ2v) is 7.39. The van der Waals surface area contributed by atoms with Gasteiger partial charge in [0.2, 0.25) is 0 Å². The Kier molecular flexibility index (Phi) is 5.72. The van der Waals surface area contributed by atoms with Crippen LogP contribution in [0, 0.1) is 0 Å². The van der Waals surface area contributed by atoms with Crippen LogP contribution in [-0.4, -0.2) is 53.4 Å². The predicted molar refractivity (Wildman–Crippen MR) is 112 cm³/mol. The molecule has 0 atom stereocenters. The first-order valence-electron chi connectivity index (χ1n) is 9.99. The van der Waals surface area contributed by atoms with Gasteiger partial charge < -0.3 is 14.1 Å². The molecule has 1 aliphatic heterocycles. The molecule has 2 heterocycles. The Morgan fingerprint density at radius 1 is 1.10 bits per heavy atom. The second-order valence-electron chi connectivity index (χ2n) is 7.39. The van der Waals surface area contributed by atoms with Crippen molar-refractivity contribution >= 4 is 6.03 Å². The summed E-state index contributed by atoms with van der Waals surface area (Å²) in [7, 11) is 2.99. The maximum absolute atomic E-state index is 12.0. The van der Waals surface area contributed by atoms with E-state index in [0.29, 0.717) is 24.0 Å². The second kappa shape index (κ2) is 8.59. The molecule has 0 unspecified atom stereocenters. The van der Waals surface area contributed by atoms with Gasteiger partial charge >= 0.3 is 6.03 Å². The van der Waals surface area contributed by atoms with Crippen molar-refractivity contribution in [3.05, 3.63) is 60.5 Å². The average molecular weight is 407 g/mol. The van der Waals surface area contributed by atoms with Crippen LogP contribution in [0.4, 0.5) is 4.79 Å². The lowest BCUT2D eigenvalue weighted by Gasteiger charge is -2.31. The molecular weight excluding hydrogens is 382 g/mol. The number of piperidine rings is 1. The predicted octanol–water partition coefficient (Wildman–Crippen LogP) is 4.64. The molecule has 30 heavy (non-hydrogen) atoms. The lowest BCUT2D eigenvalue weighted by molar-refractivity contribution is -0.0358. The number of rotatable bonds is 4. The summed E-state index contributed by atoms with van der Waals surface area (Å²) in [6.07, 6.45) is 1.47. The van der Waals surface area contributed by atoms with Crippen LogP contribution in [0.15, 0.2) is 59.0 Å². The largest absolute Gasteiger partial charge is 0.497 e. The number of hydrogen-bond acceptors (Lipinski definition) is 5. The fourth-order valence-corrected chi connectivity index (χ4v) is 3.76. The van der Waals surface area contributed by atoms with Gasteiger partial charge in [-0.3, -0.25) is 5.21 Å². The highest BCUT2D eigenvalue weighted by molar-refractivity contribution is 5.77. The maximum atomic E-state index is 12.0. The third kappa shape index (κ3) is 4.02. The Bertz CT molecular complexity index is 991. The molecule has 156 valence electrons. The molecule has 0 saturated carbocycles. The van der Waals surface area contributed by atoms with Crippen LogP contribution in [0.5, 0.6) is 5.75 Å². The molecule has 7 nitrogen and oxygen atoms in total. The van der Waals surface area contributed by atoms with Gasteiger partial charge in [0, 0.05) is 37.2 Å². The Hall–Kier alpha value is -3.32. The molecule has 0 spiro atoms. The van der Waals surface area contributed by atoms with Crippen LogP contribution in [0.1, 0.15) is 24.7 Å². The van der Waals surface area contributed by atoms with E-state index in [1.807, 2.05) is 54.6 Å². The number of amides is 2. The van der Waals surface area contributed by atoms with Gasteiger partial charge in [-0.15, -0.1) is 0 Å². The fraction of sp³-hybridized carbons (Fsp3) is 0.304. The Balaban J connectivity index is 1.64. The summed E-state index contributed by atoms with van der Waals surface area (Å²) >= 11 is 0. The van der Waals surface area contributed by atoms with Crippen molar-refractivity contribution in [2.75, 3.05) is 27.2 Å². The van der Waals surface area contributed by atoms with Crippen molar-refractivity contribution in [3.8, 4) is 28.3 Å². The summed E-state index contributed by atoms with van der Waals surface area (Å²) in [5.41, 5.74) is 2.73. The van der Waals surface area contributed by atoms with Crippen molar-refractivity contribution in [1.29, 1.82) is 0 Å². The number of nitrogens with zero attached hydrogens (tertiary/aromatic N) is 3. The van der Waals surface area contributed by atoms with Crippen molar-refractivity contribution in [2.24, 2.45) is 0 Å². The molecule has 1 saturated heterocycles. The summed E-state index contributed by atoms with van der Waals surface area (Å²) in [6.45, 7) is 1.10. The van der Waals surface area contributed by atoms with E-state index in [0.717, 1.165) is 41.2 Å². The first kappa shape index (κ1) is 20.0. The first-order chi connectivity index (χ1) is 14.6. The van der Waals surface area contributed by atoms with Gasteiger partial charge in [-0.25, -0.2) is 14.8 Å². The third-order valence-corrected chi connectivity index (χ3v) is 5.43. The number of ether oxygens (including phenoxy) is 1. The summed E-state index contributed by atoms with van der Waals surface area (Å²) < 4.78 is 11.6. The van der Waals surface area contributed by atoms with E-state index in [2.05, 4.69) is 0 Å². The minimum atomic E-state index is -0.384. The molecule has 0 radical (unpaired) electrons. The number of carbonyl (C=O) groups is 1. The number of urea groups is 1. The van der Waals surface area contributed by atoms with E-state index < -0.39 is 0 Å². The van der Waals surface area contributed by atoms with Crippen LogP contribution in [-0.2, 0) is 0 Å². The van der Waals surface area contributed by atoms with Crippen LogP contribution < -0.4 is 4.74 Å². The summed E-state index contributed by atoms with van der Waals surface area (Å²) in [5, 5.41) is 10.0. The molecule has 1 fully saturated rings. The highest BCUT2D eigenvalue weighted by Gasteiger charge is 2.29. The standard InChI is InChI=1S/C23H25N3O4/c1-25(28)23(27)26-14-12-18(13-15-26)22-24-20(16-8-10-19(29-2)11-9-16)21(30-22)17-6-4-3-5-7-17/h3-11,18,28H,12-15H2,1-2H3. The van der Waals surface area contributed by atoms with Gasteiger partial charge in [-0.2, -0.15) is 0 Å². The SMILES string of the molecule is COc1ccc(-c2nc(C3CCN(C(=O)N(C)O)CC3)oc2-c2ccccc2)cc1. The minimum Gasteiger partial charge on any atom is -0.497 e. The number of benzene rings is 2. The zero-order valence-corrected chi connectivity index (χ0v) is 17.1. The van der Waals surface area contributed by atoms with Gasteiger partial charge in [-0.1, -0.05) is 30.3 Å². The Labute approximate surface area is 175 Å². The van der Waals surface area contributed by atoms with E-state index in [1.54, 1.807) is 12.0 Å². The number of likely N-dealkylation sites (tertiary alicyclic amines) is 1. The molecule has 3 aromatic rings. The third-order valence-electron chi connectivity index (χ3n) is 5.43. The molecule has 0 bridgehead atoms. The number of methoxy groups -OCH3 is 1. The minimum absolute atomic E-state index is 0.118. The number of hydrogen-bond donors (Lipinski definition) is 1. The van der Waals surface area contributed by atoms with E-state index in [-0.39, 0.29) is 11.9 Å². The quantitative estimate of drug-likeness (QED) is 0.504. The van der Waals surface area contributed by atoms with Gasteiger partial charge in [0.05, 0.1) is 7.11 Å². The van der Waals surface area contributed by atoms with Gasteiger partial charge in [-0.05, 0) is 37.1 Å². The molecule has 2 aromatic carbocycles. The number of aromatic nitrogens is 1. The Morgan fingerprint density at radius 2 is 1.77 bits per heavy atom. The molecule has 1 aliphatic rings. The molecule has 0 aliphatic carbocycles. The van der Waals surface area contributed by atoms with Crippen LogP contribution in [0.2, 0.25) is 0 Å². The molecular formula is C23H25N3O4. The molecule has 4 rings (SSSR count). The number of carbonyl (C=O) groups excluding carboxylic acids is 1. The molecule has 7 heteroatoms. The number of oxazole rings is 1. The van der Waals surface area contributed by atoms with Crippen LogP contribution in [0.3, 0.4) is 0 Å². The summed E-state index contributed by atoms with van der Waals surface area (Å²) in [5.74, 6) is 2.33. The summed E-state index contributed by atoms with van der Waals surface area (Å²) in [4.78, 5) is 18.5. The van der Waals surface area contributed by atoms with Crippen molar-refractivity contribution in [1.82, 2.24) is 14.9 Å². The summed E-state index contributed by atoms with van der Waals surface area (Å²) in [6, 6.07) is 17.3. The van der Waals surface area contributed by atoms with Crippen molar-refractivity contribution in [3.63, 3.8) is 0 Å². The Morgan fingerprint density at radius 3 is 2.37 bits per heavy atom. The zero-order valence-electron chi connectivity index (χ0n) is 17.1. The smallest absolute Gasteiger partial charge is 0.343 e. The molecule has 2 amide bonds. The van der Waals surface area contributed by atoms with E-state index in [9.17, 15) is 10.0 Å². The van der Waals surface area contributed by atoms with Gasteiger partial charge in [0.25, 0.3) is 0 Å². The van der Waals surface area contributed by atoms with E-state index >= 15 is 0 Å². The zero-order chi connectivity index (χ0) is 21.1. The topological polar surface area (TPSA) is 79.0 Å². The highest BCUT2D eigenvalue weighted by Crippen LogP contribution is 2.37. The van der Waals surface area contributed by atoms with Gasteiger partial charge in [0.15, 0.2) is 11.7 Å². The normalized spacial score (nSPS) is 14.6. The first-order valence-corrected chi connectivity index (χ1v) is 9.99. The average Bonchev–Trinajstić information content (AvgIpc) is 3.25. The lowest BCUT2D eigenvalue weighted by Crippen LogP contribution is -2.43. The van der Waals surface area contributed by atoms with E-state index in [4.69, 9.17) is 14.1 Å². The van der Waals surface area contributed by atoms with Crippen molar-refractivity contribution < 1.29 is 19.2 Å². The fourth-order valence-electron chi connectivity index (χ4n) is 3.76. The van der Waals surface area contributed by atoms with Crippen molar-refractivity contribution in [2.45, 2.75) is 18.8 Å².